The molecule has 2 heterocycles. The molecule has 1 saturated carbocycles. The largest absolute Gasteiger partial charge is 0.405 e. The maximum absolute atomic E-state index is 13.1. The topological polar surface area (TPSA) is 24.3 Å². The molecule has 3 aromatic rings. The van der Waals surface area contributed by atoms with Gasteiger partial charge in [-0.15, -0.1) is 0 Å². The third-order valence-corrected chi connectivity index (χ3v) is 6.73. The standard InChI is InChI=1S/C20H17Br2F3N4/c21-12-1-3-16-18(5-12)28(10-26-16)14-7-15(8-14)29-11-27(9-20(23,24)25)19-6-13(22)2-4-17(19)29/h1-6,10,14-15H,7-9,11H2. The highest BCUT2D eigenvalue weighted by atomic mass is 79.9. The minimum atomic E-state index is -4.24. The van der Waals surface area contributed by atoms with Gasteiger partial charge in [0, 0.05) is 21.0 Å². The van der Waals surface area contributed by atoms with E-state index in [1.165, 1.54) is 4.90 Å². The van der Waals surface area contributed by atoms with Crippen molar-refractivity contribution >= 4 is 54.3 Å². The Morgan fingerprint density at radius 1 is 0.966 bits per heavy atom. The van der Waals surface area contributed by atoms with E-state index >= 15 is 0 Å². The molecule has 29 heavy (non-hydrogen) atoms. The van der Waals surface area contributed by atoms with Gasteiger partial charge in [-0.1, -0.05) is 31.9 Å². The number of imidazole rings is 1. The van der Waals surface area contributed by atoms with Crippen molar-refractivity contribution in [2.24, 2.45) is 0 Å². The van der Waals surface area contributed by atoms with Crippen molar-refractivity contribution in [3.63, 3.8) is 0 Å². The molecule has 0 spiro atoms. The molecular weight excluding hydrogens is 513 g/mol. The Labute approximate surface area is 182 Å². The van der Waals surface area contributed by atoms with Crippen molar-refractivity contribution < 1.29 is 13.2 Å². The molecule has 1 aliphatic heterocycles. The van der Waals surface area contributed by atoms with Crippen LogP contribution in [0, 0.1) is 0 Å². The van der Waals surface area contributed by atoms with E-state index in [0.29, 0.717) is 11.7 Å². The van der Waals surface area contributed by atoms with Gasteiger partial charge in [-0.2, -0.15) is 13.2 Å². The van der Waals surface area contributed by atoms with E-state index in [9.17, 15) is 13.2 Å². The SMILES string of the molecule is FC(F)(F)CN1CN(C2CC(n3cnc4ccc(Br)cc43)C2)c2ccc(Br)cc21. The Bertz CT molecular complexity index is 1080. The summed E-state index contributed by atoms with van der Waals surface area (Å²) in [4.78, 5) is 8.00. The fourth-order valence-electron chi connectivity index (χ4n) is 4.32. The van der Waals surface area contributed by atoms with E-state index in [1.807, 2.05) is 30.6 Å². The smallest absolute Gasteiger partial charge is 0.349 e. The van der Waals surface area contributed by atoms with Gasteiger partial charge in [-0.25, -0.2) is 4.98 Å². The van der Waals surface area contributed by atoms with Crippen molar-refractivity contribution in [3.8, 4) is 0 Å². The van der Waals surface area contributed by atoms with E-state index in [0.717, 1.165) is 38.5 Å². The van der Waals surface area contributed by atoms with Gasteiger partial charge in [-0.3, -0.25) is 0 Å². The Hall–Kier alpha value is -1.74. The molecule has 0 bridgehead atoms. The van der Waals surface area contributed by atoms with Crippen molar-refractivity contribution in [1.82, 2.24) is 9.55 Å². The second kappa shape index (κ2) is 6.91. The molecule has 1 fully saturated rings. The molecule has 1 aromatic heterocycles. The van der Waals surface area contributed by atoms with Crippen LogP contribution >= 0.6 is 31.9 Å². The molecule has 9 heteroatoms. The van der Waals surface area contributed by atoms with Gasteiger partial charge in [0.25, 0.3) is 0 Å². The average molecular weight is 530 g/mol. The van der Waals surface area contributed by atoms with E-state index in [2.05, 4.69) is 52.4 Å². The van der Waals surface area contributed by atoms with Gasteiger partial charge in [0.1, 0.15) is 6.54 Å². The predicted octanol–water partition coefficient (Wildman–Crippen LogP) is 6.11. The van der Waals surface area contributed by atoms with Crippen LogP contribution in [-0.4, -0.2) is 35.0 Å². The van der Waals surface area contributed by atoms with E-state index < -0.39 is 12.7 Å². The van der Waals surface area contributed by atoms with Crippen LogP contribution in [0.5, 0.6) is 0 Å². The Balaban J connectivity index is 1.37. The molecule has 5 rings (SSSR count). The van der Waals surface area contributed by atoms with Crippen LogP contribution in [0.3, 0.4) is 0 Å². The maximum atomic E-state index is 13.1. The summed E-state index contributed by atoms with van der Waals surface area (Å²) >= 11 is 6.89. The van der Waals surface area contributed by atoms with Crippen LogP contribution in [0.25, 0.3) is 11.0 Å². The van der Waals surface area contributed by atoms with Gasteiger partial charge in [0.2, 0.25) is 0 Å². The molecule has 0 saturated heterocycles. The number of aromatic nitrogens is 2. The molecule has 1 aliphatic carbocycles. The maximum Gasteiger partial charge on any atom is 0.405 e. The Morgan fingerprint density at radius 3 is 2.45 bits per heavy atom. The van der Waals surface area contributed by atoms with Crippen molar-refractivity contribution in [2.75, 3.05) is 23.0 Å². The van der Waals surface area contributed by atoms with E-state index in [1.54, 1.807) is 6.07 Å². The number of anilines is 2. The molecule has 2 aromatic carbocycles. The van der Waals surface area contributed by atoms with Gasteiger partial charge >= 0.3 is 6.18 Å². The highest BCUT2D eigenvalue weighted by Gasteiger charge is 2.42. The summed E-state index contributed by atoms with van der Waals surface area (Å²) < 4.78 is 43.2. The summed E-state index contributed by atoms with van der Waals surface area (Å²) in [7, 11) is 0. The summed E-state index contributed by atoms with van der Waals surface area (Å²) in [6.45, 7) is -0.678. The molecule has 2 aliphatic rings. The number of hydrogen-bond acceptors (Lipinski definition) is 3. The lowest BCUT2D eigenvalue weighted by Crippen LogP contribution is -2.48. The second-order valence-electron chi connectivity index (χ2n) is 7.62. The highest BCUT2D eigenvalue weighted by molar-refractivity contribution is 9.10. The van der Waals surface area contributed by atoms with Crippen LogP contribution in [-0.2, 0) is 0 Å². The molecular formula is C20H17Br2F3N4. The van der Waals surface area contributed by atoms with Crippen LogP contribution in [0.15, 0.2) is 51.7 Å². The average Bonchev–Trinajstić information content (AvgIpc) is 3.15. The quantitative estimate of drug-likeness (QED) is 0.409. The van der Waals surface area contributed by atoms with Crippen LogP contribution in [0.1, 0.15) is 18.9 Å². The third-order valence-electron chi connectivity index (χ3n) is 5.74. The zero-order valence-electron chi connectivity index (χ0n) is 15.2. The van der Waals surface area contributed by atoms with Gasteiger partial charge in [0.05, 0.1) is 35.4 Å². The third kappa shape index (κ3) is 3.52. The van der Waals surface area contributed by atoms with E-state index in [-0.39, 0.29) is 12.7 Å². The first kappa shape index (κ1) is 19.2. The summed E-state index contributed by atoms with van der Waals surface area (Å²) in [5.74, 6) is 0. The molecule has 0 radical (unpaired) electrons. The summed E-state index contributed by atoms with van der Waals surface area (Å²) in [6.07, 6.45) is -0.607. The van der Waals surface area contributed by atoms with Gasteiger partial charge in [0.15, 0.2) is 0 Å². The number of alkyl halides is 3. The Morgan fingerprint density at radius 2 is 1.69 bits per heavy atom. The Kier molecular flexibility index (Phi) is 4.58. The summed E-state index contributed by atoms with van der Waals surface area (Å²) in [5, 5.41) is 0. The summed E-state index contributed by atoms with van der Waals surface area (Å²) in [6, 6.07) is 12.1. The van der Waals surface area contributed by atoms with Crippen LogP contribution in [0.2, 0.25) is 0 Å². The fraction of sp³-hybridized carbons (Fsp3) is 0.350. The number of nitrogens with zero attached hydrogens (tertiary/aromatic N) is 4. The second-order valence-corrected chi connectivity index (χ2v) is 9.45. The first-order valence-electron chi connectivity index (χ1n) is 9.28. The van der Waals surface area contributed by atoms with Crippen molar-refractivity contribution in [2.45, 2.75) is 31.1 Å². The lowest BCUT2D eigenvalue weighted by molar-refractivity contribution is -0.119. The molecule has 0 N–H and O–H groups in total. The summed E-state index contributed by atoms with van der Waals surface area (Å²) in [5.41, 5.74) is 3.54. The minimum absolute atomic E-state index is 0.211. The lowest BCUT2D eigenvalue weighted by atomic mass is 9.85. The van der Waals surface area contributed by atoms with Crippen molar-refractivity contribution in [1.29, 1.82) is 0 Å². The van der Waals surface area contributed by atoms with Gasteiger partial charge < -0.3 is 14.4 Å². The lowest BCUT2D eigenvalue weighted by Gasteiger charge is -2.43. The number of halogens is 5. The molecule has 4 nitrogen and oxygen atoms in total. The van der Waals surface area contributed by atoms with E-state index in [4.69, 9.17) is 0 Å². The van der Waals surface area contributed by atoms with Crippen molar-refractivity contribution in [3.05, 3.63) is 51.7 Å². The van der Waals surface area contributed by atoms with Crippen LogP contribution in [0.4, 0.5) is 24.5 Å². The molecule has 0 amide bonds. The number of rotatable bonds is 3. The zero-order valence-corrected chi connectivity index (χ0v) is 18.4. The minimum Gasteiger partial charge on any atom is -0.349 e. The molecule has 152 valence electrons. The first-order valence-corrected chi connectivity index (χ1v) is 10.9. The number of benzene rings is 2. The molecule has 0 atom stereocenters. The zero-order chi connectivity index (χ0) is 20.3. The van der Waals surface area contributed by atoms with Gasteiger partial charge in [-0.05, 0) is 49.2 Å². The fourth-order valence-corrected chi connectivity index (χ4v) is 5.02. The number of fused-ring (bicyclic) bond motifs is 2. The molecule has 0 unspecified atom stereocenters. The predicted molar refractivity (Wildman–Crippen MR) is 114 cm³/mol. The first-order chi connectivity index (χ1) is 13.8. The monoisotopic (exact) mass is 528 g/mol. The highest BCUT2D eigenvalue weighted by Crippen LogP contribution is 2.46. The normalized spacial score (nSPS) is 21.6. The number of hydrogen-bond donors (Lipinski definition) is 0. The van der Waals surface area contributed by atoms with Crippen LogP contribution < -0.4 is 9.80 Å².